The largest absolute Gasteiger partial charge is 0.452 e. The lowest BCUT2D eigenvalue weighted by Gasteiger charge is -2.28. The van der Waals surface area contributed by atoms with Crippen molar-refractivity contribution in [3.05, 3.63) is 87.4 Å². The molecule has 5 rings (SSSR count). The van der Waals surface area contributed by atoms with Crippen LogP contribution in [0.1, 0.15) is 21.5 Å². The fourth-order valence-corrected chi connectivity index (χ4v) is 8.26. The van der Waals surface area contributed by atoms with E-state index in [1.165, 1.54) is 38.9 Å². The molecular formula is C28H27Cl2N3O8S2. The molecule has 1 N–H and O–H groups in total. The molecule has 0 atom stereocenters. The van der Waals surface area contributed by atoms with Crippen molar-refractivity contribution in [2.45, 2.75) is 22.8 Å². The number of carbonyl (C=O) groups excluding carboxylic acids is 2. The van der Waals surface area contributed by atoms with Gasteiger partial charge in [0.15, 0.2) is 6.61 Å². The van der Waals surface area contributed by atoms with E-state index >= 15 is 0 Å². The maximum atomic E-state index is 13.5. The van der Waals surface area contributed by atoms with E-state index in [9.17, 15) is 26.4 Å². The third-order valence-corrected chi connectivity index (χ3v) is 11.6. The fourth-order valence-electron chi connectivity index (χ4n) is 4.74. The zero-order chi connectivity index (χ0) is 30.8. The van der Waals surface area contributed by atoms with Crippen molar-refractivity contribution in [3.63, 3.8) is 0 Å². The molecule has 2 heterocycles. The number of nitrogens with one attached hydrogen (secondary N) is 1. The number of fused-ring (bicyclic) bond motifs is 1. The number of hydrogen-bond donors (Lipinski definition) is 1. The van der Waals surface area contributed by atoms with Crippen LogP contribution in [0.2, 0.25) is 10.0 Å². The normalized spacial score (nSPS) is 16.3. The van der Waals surface area contributed by atoms with Crippen LogP contribution in [0.5, 0.6) is 0 Å². The topological polar surface area (TPSA) is 139 Å². The Labute approximate surface area is 259 Å². The second kappa shape index (κ2) is 12.9. The summed E-state index contributed by atoms with van der Waals surface area (Å²) >= 11 is 12.4. The number of rotatable bonds is 8. The Balaban J connectivity index is 1.25. The average molecular weight is 669 g/mol. The van der Waals surface area contributed by atoms with E-state index in [0.29, 0.717) is 6.42 Å². The van der Waals surface area contributed by atoms with Crippen molar-refractivity contribution in [2.24, 2.45) is 0 Å². The molecule has 0 aliphatic carbocycles. The highest BCUT2D eigenvalue weighted by Crippen LogP contribution is 2.30. The molecule has 228 valence electrons. The Morgan fingerprint density at radius 3 is 2.28 bits per heavy atom. The summed E-state index contributed by atoms with van der Waals surface area (Å²) in [4.78, 5) is 25.1. The Kier molecular flexibility index (Phi) is 9.42. The Bertz CT molecular complexity index is 1780. The predicted octanol–water partition coefficient (Wildman–Crippen LogP) is 3.56. The average Bonchev–Trinajstić information content (AvgIpc) is 3.01. The standard InChI is InChI=1S/C28H27Cl2N3O8S2/c29-23-8-6-22(42(36,37)32-11-13-40-14-12-32)16-25(23)31-27(34)18-41-28(35)20-5-7-24(30)26(15-20)43(38,39)33-10-9-19-3-1-2-4-21(19)17-33/h1-8,15-16H,9-14,17-18H2,(H,31,34). The van der Waals surface area contributed by atoms with Crippen molar-refractivity contribution in [1.29, 1.82) is 0 Å². The van der Waals surface area contributed by atoms with E-state index in [1.807, 2.05) is 24.3 Å². The maximum Gasteiger partial charge on any atom is 0.338 e. The van der Waals surface area contributed by atoms with Crippen molar-refractivity contribution in [2.75, 3.05) is 44.8 Å². The number of esters is 1. The van der Waals surface area contributed by atoms with Crippen LogP contribution in [0.25, 0.3) is 0 Å². The van der Waals surface area contributed by atoms with Crippen LogP contribution in [-0.2, 0) is 47.3 Å². The zero-order valence-corrected chi connectivity index (χ0v) is 25.8. The van der Waals surface area contributed by atoms with Gasteiger partial charge in [-0.3, -0.25) is 4.79 Å². The Hall–Kier alpha value is -3.04. The summed E-state index contributed by atoms with van der Waals surface area (Å²) in [6.07, 6.45) is 0.538. The molecule has 0 saturated carbocycles. The number of hydrogen-bond acceptors (Lipinski definition) is 8. The summed E-state index contributed by atoms with van der Waals surface area (Å²) in [6, 6.07) is 15.2. The minimum Gasteiger partial charge on any atom is -0.452 e. The van der Waals surface area contributed by atoms with E-state index in [0.717, 1.165) is 17.2 Å². The van der Waals surface area contributed by atoms with E-state index in [1.54, 1.807) is 0 Å². The number of sulfonamides is 2. The number of carbonyl (C=O) groups is 2. The molecule has 11 nitrogen and oxygen atoms in total. The van der Waals surface area contributed by atoms with Gasteiger partial charge >= 0.3 is 5.97 Å². The summed E-state index contributed by atoms with van der Waals surface area (Å²) < 4.78 is 65.8. The monoisotopic (exact) mass is 667 g/mol. The molecular weight excluding hydrogens is 641 g/mol. The van der Waals surface area contributed by atoms with Crippen LogP contribution in [0.15, 0.2) is 70.5 Å². The summed E-state index contributed by atoms with van der Waals surface area (Å²) in [5.74, 6) is -1.74. The van der Waals surface area contributed by atoms with Crippen LogP contribution in [0, 0.1) is 0 Å². The molecule has 0 radical (unpaired) electrons. The fraction of sp³-hybridized carbons (Fsp3) is 0.286. The minimum absolute atomic E-state index is 0.0139. The van der Waals surface area contributed by atoms with Crippen molar-refractivity contribution < 1.29 is 35.9 Å². The first-order valence-electron chi connectivity index (χ1n) is 13.2. The third kappa shape index (κ3) is 6.88. The molecule has 2 aliphatic heterocycles. The van der Waals surface area contributed by atoms with Gasteiger partial charge in [-0.2, -0.15) is 8.61 Å². The van der Waals surface area contributed by atoms with Crippen molar-refractivity contribution in [3.8, 4) is 0 Å². The number of benzene rings is 3. The van der Waals surface area contributed by atoms with Gasteiger partial charge in [-0.15, -0.1) is 0 Å². The maximum absolute atomic E-state index is 13.5. The van der Waals surface area contributed by atoms with Gasteiger partial charge in [0.05, 0.1) is 39.4 Å². The molecule has 0 aromatic heterocycles. The molecule has 1 saturated heterocycles. The van der Waals surface area contributed by atoms with Crippen LogP contribution < -0.4 is 5.32 Å². The van der Waals surface area contributed by atoms with Crippen molar-refractivity contribution in [1.82, 2.24) is 8.61 Å². The molecule has 3 aromatic carbocycles. The molecule has 0 bridgehead atoms. The van der Waals surface area contributed by atoms with Crippen LogP contribution in [0.3, 0.4) is 0 Å². The van der Waals surface area contributed by atoms with Gasteiger partial charge in [0.1, 0.15) is 4.90 Å². The Morgan fingerprint density at radius 2 is 1.53 bits per heavy atom. The lowest BCUT2D eigenvalue weighted by Crippen LogP contribution is -2.40. The first-order chi connectivity index (χ1) is 20.5. The number of anilines is 1. The highest BCUT2D eigenvalue weighted by Gasteiger charge is 2.31. The number of ether oxygens (including phenoxy) is 2. The molecule has 0 unspecified atom stereocenters. The molecule has 0 spiro atoms. The molecule has 1 fully saturated rings. The van der Waals surface area contributed by atoms with Gasteiger partial charge in [0.2, 0.25) is 20.0 Å². The van der Waals surface area contributed by atoms with Gasteiger partial charge in [0, 0.05) is 26.2 Å². The molecule has 43 heavy (non-hydrogen) atoms. The summed E-state index contributed by atoms with van der Waals surface area (Å²) in [7, 11) is -7.90. The zero-order valence-electron chi connectivity index (χ0n) is 22.7. The minimum atomic E-state index is -4.05. The first kappa shape index (κ1) is 31.4. The molecule has 3 aromatic rings. The smallest absolute Gasteiger partial charge is 0.338 e. The lowest BCUT2D eigenvalue weighted by atomic mass is 10.0. The highest BCUT2D eigenvalue weighted by atomic mass is 35.5. The number of nitrogens with zero attached hydrogens (tertiary/aromatic N) is 2. The Morgan fingerprint density at radius 1 is 0.837 bits per heavy atom. The second-order valence-corrected chi connectivity index (χ2v) is 14.4. The molecule has 15 heteroatoms. The van der Waals surface area contributed by atoms with Crippen molar-refractivity contribution >= 4 is 60.8 Å². The van der Waals surface area contributed by atoms with E-state index in [4.69, 9.17) is 32.7 Å². The predicted molar refractivity (Wildman–Crippen MR) is 159 cm³/mol. The van der Waals surface area contributed by atoms with Gasteiger partial charge in [-0.25, -0.2) is 21.6 Å². The van der Waals surface area contributed by atoms with Crippen LogP contribution >= 0.6 is 23.2 Å². The number of morpholine rings is 1. The third-order valence-electron chi connectivity index (χ3n) is 7.03. The highest BCUT2D eigenvalue weighted by molar-refractivity contribution is 7.89. The molecule has 1 amide bonds. The summed E-state index contributed by atoms with van der Waals surface area (Å²) in [5, 5.41) is 2.47. The summed E-state index contributed by atoms with van der Waals surface area (Å²) in [5.41, 5.74) is 1.85. The molecule has 2 aliphatic rings. The SMILES string of the molecule is O=C(COC(=O)c1ccc(Cl)c(S(=O)(=O)N2CCc3ccccc3C2)c1)Nc1cc(S(=O)(=O)N2CCOCC2)ccc1Cl. The number of amides is 1. The van der Waals surface area contributed by atoms with Crippen LogP contribution in [-0.4, -0.2) is 76.8 Å². The van der Waals surface area contributed by atoms with Crippen LogP contribution in [0.4, 0.5) is 5.69 Å². The quantitative estimate of drug-likeness (QED) is 0.360. The van der Waals surface area contributed by atoms with Gasteiger partial charge in [-0.1, -0.05) is 47.5 Å². The van der Waals surface area contributed by atoms with E-state index < -0.39 is 38.5 Å². The first-order valence-corrected chi connectivity index (χ1v) is 16.8. The summed E-state index contributed by atoms with van der Waals surface area (Å²) in [6.45, 7) is 0.613. The van der Waals surface area contributed by atoms with E-state index in [-0.39, 0.29) is 70.5 Å². The van der Waals surface area contributed by atoms with Gasteiger partial charge in [0.25, 0.3) is 5.91 Å². The number of halogens is 2. The lowest BCUT2D eigenvalue weighted by molar-refractivity contribution is -0.119. The second-order valence-electron chi connectivity index (χ2n) is 9.78. The van der Waals surface area contributed by atoms with Gasteiger partial charge < -0.3 is 14.8 Å². The van der Waals surface area contributed by atoms with Gasteiger partial charge in [-0.05, 0) is 53.9 Å². The van der Waals surface area contributed by atoms with E-state index in [2.05, 4.69) is 5.32 Å².